The number of likely N-dealkylation sites (N-methyl/N-ethyl adjacent to an activating group) is 2. The first-order valence-electron chi connectivity index (χ1n) is 14.1. The number of hydrogen-bond acceptors (Lipinski definition) is 9. The van der Waals surface area contributed by atoms with Gasteiger partial charge >= 0.3 is 0 Å². The van der Waals surface area contributed by atoms with Crippen LogP contribution in [0.3, 0.4) is 0 Å². The summed E-state index contributed by atoms with van der Waals surface area (Å²) in [5.41, 5.74) is 4.57. The van der Waals surface area contributed by atoms with Crippen LogP contribution in [0.25, 0.3) is 0 Å². The summed E-state index contributed by atoms with van der Waals surface area (Å²) in [5, 5.41) is 9.75. The van der Waals surface area contributed by atoms with Crippen molar-refractivity contribution in [3.63, 3.8) is 0 Å². The Morgan fingerprint density at radius 2 is 1.93 bits per heavy atom. The van der Waals surface area contributed by atoms with E-state index in [2.05, 4.69) is 37.4 Å². The number of carbonyl (C=O) groups excluding carboxylic acids is 2. The van der Waals surface area contributed by atoms with Crippen molar-refractivity contribution in [1.82, 2.24) is 14.9 Å². The topological polar surface area (TPSA) is 115 Å². The molecular weight excluding hydrogens is 568 g/mol. The fourth-order valence-corrected chi connectivity index (χ4v) is 5.00. The first-order chi connectivity index (χ1) is 20.6. The van der Waals surface area contributed by atoms with E-state index >= 15 is 0 Å². The van der Waals surface area contributed by atoms with E-state index < -0.39 is 0 Å². The van der Waals surface area contributed by atoms with Crippen molar-refractivity contribution < 1.29 is 14.3 Å². The van der Waals surface area contributed by atoms with Crippen LogP contribution in [0.2, 0.25) is 5.02 Å². The summed E-state index contributed by atoms with van der Waals surface area (Å²) in [5.74, 6) is 0.887. The number of amides is 2. The molecule has 11 nitrogen and oxygen atoms in total. The van der Waals surface area contributed by atoms with Crippen LogP contribution in [0.4, 0.5) is 40.2 Å². The summed E-state index contributed by atoms with van der Waals surface area (Å²) < 4.78 is 5.71. The Labute approximate surface area is 257 Å². The Bertz CT molecular complexity index is 1500. The molecule has 2 amide bonds. The molecule has 1 aliphatic rings. The first kappa shape index (κ1) is 31.6. The normalized spacial score (nSPS) is 12.4. The summed E-state index contributed by atoms with van der Waals surface area (Å²) in [6.07, 6.45) is 4.93. The highest BCUT2D eigenvalue weighted by atomic mass is 35.5. The number of rotatable bonds is 12. The average molecular weight is 607 g/mol. The molecule has 0 unspecified atom stereocenters. The van der Waals surface area contributed by atoms with E-state index in [9.17, 15) is 9.59 Å². The summed E-state index contributed by atoms with van der Waals surface area (Å²) in [6.45, 7) is 7.64. The molecule has 0 atom stereocenters. The molecule has 4 rings (SSSR count). The predicted octanol–water partition coefficient (Wildman–Crippen LogP) is 5.44. The van der Waals surface area contributed by atoms with E-state index in [1.807, 2.05) is 62.1 Å². The minimum atomic E-state index is -0.339. The highest BCUT2D eigenvalue weighted by Crippen LogP contribution is 2.40. The van der Waals surface area contributed by atoms with Gasteiger partial charge in [-0.05, 0) is 50.7 Å². The predicted molar refractivity (Wildman–Crippen MR) is 175 cm³/mol. The molecule has 0 aliphatic carbocycles. The maximum atomic E-state index is 12.8. The molecule has 2 aromatic carbocycles. The number of aromatic nitrogens is 2. The van der Waals surface area contributed by atoms with Gasteiger partial charge in [-0.3, -0.25) is 9.59 Å². The minimum Gasteiger partial charge on any atom is -0.494 e. The second-order valence-corrected chi connectivity index (χ2v) is 10.9. The number of carbonyl (C=O) groups is 2. The molecule has 0 fully saturated rings. The zero-order chi connectivity index (χ0) is 31.1. The molecular formula is C31H39ClN8O3. The molecule has 0 radical (unpaired) electrons. The highest BCUT2D eigenvalue weighted by molar-refractivity contribution is 6.33. The molecule has 2 heterocycles. The van der Waals surface area contributed by atoms with Gasteiger partial charge in [-0.25, -0.2) is 4.98 Å². The van der Waals surface area contributed by atoms with E-state index in [1.54, 1.807) is 13.2 Å². The number of anilines is 7. The van der Waals surface area contributed by atoms with E-state index in [4.69, 9.17) is 16.3 Å². The molecule has 1 aromatic heterocycles. The Kier molecular flexibility index (Phi) is 10.4. The number of ether oxygens (including phenoxy) is 1. The Morgan fingerprint density at radius 1 is 1.14 bits per heavy atom. The van der Waals surface area contributed by atoms with Crippen molar-refractivity contribution in [2.24, 2.45) is 0 Å². The summed E-state index contributed by atoms with van der Waals surface area (Å²) in [7, 11) is 7.53. The van der Waals surface area contributed by atoms with Gasteiger partial charge in [0.1, 0.15) is 10.8 Å². The number of nitrogens with one attached hydrogen (secondary N) is 3. The molecule has 0 saturated heterocycles. The summed E-state index contributed by atoms with van der Waals surface area (Å²) >= 11 is 6.54. The number of aryl methyl sites for hydroxylation is 1. The number of methoxy groups -OCH3 is 1. The average Bonchev–Trinajstić information content (AvgIpc) is 3.00. The third-order valence-electron chi connectivity index (χ3n) is 7.12. The van der Waals surface area contributed by atoms with Crippen LogP contribution >= 0.6 is 11.6 Å². The molecule has 0 bridgehead atoms. The largest absolute Gasteiger partial charge is 0.494 e. The van der Waals surface area contributed by atoms with Crippen LogP contribution in [-0.4, -0.2) is 74.6 Å². The van der Waals surface area contributed by atoms with E-state index in [0.29, 0.717) is 40.9 Å². The van der Waals surface area contributed by atoms with Gasteiger partial charge in [-0.1, -0.05) is 37.2 Å². The number of nitrogens with zero attached hydrogens (tertiary/aromatic N) is 5. The Balaban J connectivity index is 1.68. The van der Waals surface area contributed by atoms with Crippen molar-refractivity contribution in [3.8, 4) is 5.75 Å². The van der Waals surface area contributed by atoms with Crippen molar-refractivity contribution >= 4 is 63.6 Å². The molecule has 0 spiro atoms. The SMILES string of the molecule is C=CC(=O)Nc1cc(Nc2ncc(Cl)c(Nc3cccc4c3N(C(=O)CC)CCC4)n2)c(OC)cc1N(C)CCN(C)C. The lowest BCUT2D eigenvalue weighted by molar-refractivity contribution is -0.118. The maximum Gasteiger partial charge on any atom is 0.247 e. The highest BCUT2D eigenvalue weighted by Gasteiger charge is 2.25. The zero-order valence-corrected chi connectivity index (χ0v) is 26.1. The fraction of sp³-hybridized carbons (Fsp3) is 0.355. The maximum absolute atomic E-state index is 12.8. The lowest BCUT2D eigenvalue weighted by Crippen LogP contribution is -2.35. The van der Waals surface area contributed by atoms with Gasteiger partial charge in [0.05, 0.1) is 41.7 Å². The number of para-hydroxylation sites is 1. The molecule has 1 aliphatic heterocycles. The van der Waals surface area contributed by atoms with Crippen molar-refractivity contribution in [3.05, 3.63) is 59.8 Å². The fourth-order valence-electron chi connectivity index (χ4n) is 4.86. The Hall–Kier alpha value is -4.35. The molecule has 43 heavy (non-hydrogen) atoms. The quantitative estimate of drug-likeness (QED) is 0.232. The number of benzene rings is 2. The number of hydrogen-bond donors (Lipinski definition) is 3. The monoisotopic (exact) mass is 606 g/mol. The summed E-state index contributed by atoms with van der Waals surface area (Å²) in [6, 6.07) is 9.53. The molecule has 3 N–H and O–H groups in total. The van der Waals surface area contributed by atoms with Crippen molar-refractivity contribution in [2.75, 3.05) is 73.6 Å². The van der Waals surface area contributed by atoms with Crippen LogP contribution < -0.4 is 30.5 Å². The smallest absolute Gasteiger partial charge is 0.247 e. The third-order valence-corrected chi connectivity index (χ3v) is 7.40. The second kappa shape index (κ2) is 14.2. The Morgan fingerprint density at radius 3 is 2.63 bits per heavy atom. The first-order valence-corrected chi connectivity index (χ1v) is 14.5. The van der Waals surface area contributed by atoms with E-state index in [-0.39, 0.29) is 17.8 Å². The standard InChI is InChI=1S/C31H39ClN8O3/c1-7-27(41)34-23-17-24(26(43-6)18-25(23)39(5)16-15-38(3)4)36-31-33-19-21(32)30(37-31)35-22-13-9-11-20-12-10-14-40(29(20)22)28(42)8-2/h7,9,11,13,17-19H,1,8,10,12,14-16H2,2-6H3,(H,34,41)(H2,33,35,36,37). The van der Waals surface area contributed by atoms with Gasteiger partial charge in [-0.2, -0.15) is 4.98 Å². The zero-order valence-electron chi connectivity index (χ0n) is 25.3. The summed E-state index contributed by atoms with van der Waals surface area (Å²) in [4.78, 5) is 40.0. The van der Waals surface area contributed by atoms with Gasteiger partial charge < -0.3 is 35.4 Å². The van der Waals surface area contributed by atoms with Gasteiger partial charge in [-0.15, -0.1) is 0 Å². The number of halogens is 1. The molecule has 3 aromatic rings. The lowest BCUT2D eigenvalue weighted by Gasteiger charge is -2.31. The second-order valence-electron chi connectivity index (χ2n) is 10.4. The van der Waals surface area contributed by atoms with Gasteiger partial charge in [0, 0.05) is 39.2 Å². The van der Waals surface area contributed by atoms with E-state index in [1.165, 1.54) is 12.3 Å². The van der Waals surface area contributed by atoms with Crippen molar-refractivity contribution in [1.29, 1.82) is 0 Å². The van der Waals surface area contributed by atoms with Gasteiger partial charge in [0.25, 0.3) is 0 Å². The van der Waals surface area contributed by atoms with Crippen LogP contribution in [0, 0.1) is 0 Å². The lowest BCUT2D eigenvalue weighted by atomic mass is 10.00. The van der Waals surface area contributed by atoms with Crippen LogP contribution in [0.15, 0.2) is 49.2 Å². The third kappa shape index (κ3) is 7.54. The van der Waals surface area contributed by atoms with Crippen molar-refractivity contribution in [2.45, 2.75) is 26.2 Å². The molecule has 0 saturated carbocycles. The van der Waals surface area contributed by atoms with Gasteiger partial charge in [0.15, 0.2) is 5.82 Å². The minimum absolute atomic E-state index is 0.0635. The van der Waals surface area contributed by atoms with E-state index in [0.717, 1.165) is 48.6 Å². The molecule has 228 valence electrons. The number of fused-ring (bicyclic) bond motifs is 1. The van der Waals surface area contributed by atoms with Crippen LogP contribution in [-0.2, 0) is 16.0 Å². The van der Waals surface area contributed by atoms with Crippen LogP contribution in [0.1, 0.15) is 25.3 Å². The van der Waals surface area contributed by atoms with Gasteiger partial charge in [0.2, 0.25) is 17.8 Å². The molecule has 12 heteroatoms. The van der Waals surface area contributed by atoms with Crippen LogP contribution in [0.5, 0.6) is 5.75 Å².